The first-order chi connectivity index (χ1) is 7.58. The molecule has 1 aliphatic heterocycles. The summed E-state index contributed by atoms with van der Waals surface area (Å²) in [5, 5.41) is 1.47. The lowest BCUT2D eigenvalue weighted by Gasteiger charge is -2.25. The van der Waals surface area contributed by atoms with Crippen molar-refractivity contribution < 1.29 is 19.3 Å². The molecular formula is C8H4Cl2N2O4. The van der Waals surface area contributed by atoms with Crippen LogP contribution in [0.5, 0.6) is 0 Å². The molecule has 0 aromatic heterocycles. The Morgan fingerprint density at radius 1 is 1.19 bits per heavy atom. The highest BCUT2D eigenvalue weighted by molar-refractivity contribution is 6.36. The van der Waals surface area contributed by atoms with E-state index in [4.69, 9.17) is 23.2 Å². The van der Waals surface area contributed by atoms with E-state index >= 15 is 0 Å². The summed E-state index contributed by atoms with van der Waals surface area (Å²) in [5.74, 6) is -2.29. The number of benzene rings is 1. The zero-order chi connectivity index (χ0) is 11.7. The molecule has 0 spiro atoms. The van der Waals surface area contributed by atoms with Crippen molar-refractivity contribution in [1.29, 1.82) is 0 Å². The lowest BCUT2D eigenvalue weighted by atomic mass is 10.3. The molecule has 0 amide bonds. The van der Waals surface area contributed by atoms with E-state index in [0.717, 1.165) is 5.17 Å². The van der Waals surface area contributed by atoms with Gasteiger partial charge in [-0.25, -0.2) is 9.59 Å². The van der Waals surface area contributed by atoms with E-state index in [1.165, 1.54) is 18.2 Å². The van der Waals surface area contributed by atoms with Gasteiger partial charge in [0.25, 0.3) is 0 Å². The third-order valence-corrected chi connectivity index (χ3v) is 2.23. The standard InChI is InChI=1S/C8H4Cl2N2O4/c9-4-1-2-6(5(10)3-4)12-11-15-7(13)8(14)16-12/h1-3,11H. The first kappa shape index (κ1) is 11.0. The predicted molar refractivity (Wildman–Crippen MR) is 54.3 cm³/mol. The molecule has 1 aromatic rings. The molecule has 1 heterocycles. The van der Waals surface area contributed by atoms with Crippen LogP contribution in [-0.4, -0.2) is 11.9 Å². The Balaban J connectivity index is 2.25. The number of carbonyl (C=O) groups excluding carboxylic acids is 2. The molecule has 0 aliphatic carbocycles. The molecule has 0 atom stereocenters. The van der Waals surface area contributed by atoms with Crippen LogP contribution in [0.25, 0.3) is 0 Å². The van der Waals surface area contributed by atoms with Crippen molar-refractivity contribution in [2.75, 3.05) is 5.17 Å². The van der Waals surface area contributed by atoms with E-state index in [1.807, 2.05) is 0 Å². The second kappa shape index (κ2) is 4.17. The molecule has 0 unspecified atom stereocenters. The van der Waals surface area contributed by atoms with Crippen LogP contribution in [-0.2, 0) is 19.3 Å². The van der Waals surface area contributed by atoms with Gasteiger partial charge in [0.05, 0.1) is 5.02 Å². The number of rotatable bonds is 1. The minimum atomic E-state index is -1.15. The van der Waals surface area contributed by atoms with E-state index in [1.54, 1.807) is 0 Å². The summed E-state index contributed by atoms with van der Waals surface area (Å²) >= 11 is 11.5. The molecule has 84 valence electrons. The zero-order valence-corrected chi connectivity index (χ0v) is 9.08. The minimum absolute atomic E-state index is 0.228. The Bertz CT molecular complexity index is 465. The summed E-state index contributed by atoms with van der Waals surface area (Å²) in [6, 6.07) is 4.48. The average Bonchev–Trinajstić information content (AvgIpc) is 2.22. The van der Waals surface area contributed by atoms with Crippen molar-refractivity contribution in [2.24, 2.45) is 0 Å². The molecule has 1 saturated heterocycles. The number of hydrazine groups is 1. The fourth-order valence-electron chi connectivity index (χ4n) is 1.01. The van der Waals surface area contributed by atoms with Crippen LogP contribution in [0.15, 0.2) is 18.2 Å². The lowest BCUT2D eigenvalue weighted by molar-refractivity contribution is -0.192. The highest BCUT2D eigenvalue weighted by atomic mass is 35.5. The second-order valence-corrected chi connectivity index (χ2v) is 3.59. The van der Waals surface area contributed by atoms with Crippen LogP contribution >= 0.6 is 23.2 Å². The Morgan fingerprint density at radius 2 is 1.94 bits per heavy atom. The monoisotopic (exact) mass is 262 g/mol. The summed E-state index contributed by atoms with van der Waals surface area (Å²) in [4.78, 5) is 30.5. The van der Waals surface area contributed by atoms with E-state index in [0.29, 0.717) is 5.02 Å². The van der Waals surface area contributed by atoms with Crippen molar-refractivity contribution in [3.05, 3.63) is 28.2 Å². The number of anilines is 1. The van der Waals surface area contributed by atoms with Gasteiger partial charge >= 0.3 is 11.9 Å². The van der Waals surface area contributed by atoms with Gasteiger partial charge in [0.2, 0.25) is 0 Å². The van der Waals surface area contributed by atoms with E-state index in [9.17, 15) is 9.59 Å². The van der Waals surface area contributed by atoms with Gasteiger partial charge in [0.15, 0.2) is 0 Å². The van der Waals surface area contributed by atoms with E-state index in [2.05, 4.69) is 15.3 Å². The van der Waals surface area contributed by atoms with Gasteiger partial charge in [-0.3, -0.25) is 0 Å². The third-order valence-electron chi connectivity index (χ3n) is 1.69. The largest absolute Gasteiger partial charge is 0.444 e. The van der Waals surface area contributed by atoms with E-state index in [-0.39, 0.29) is 10.7 Å². The molecule has 1 aromatic carbocycles. The van der Waals surface area contributed by atoms with Gasteiger partial charge < -0.3 is 9.68 Å². The summed E-state index contributed by atoms with van der Waals surface area (Å²) in [6.45, 7) is 0. The Morgan fingerprint density at radius 3 is 2.56 bits per heavy atom. The molecular weight excluding hydrogens is 259 g/mol. The van der Waals surface area contributed by atoms with Gasteiger partial charge in [-0.2, -0.15) is 0 Å². The van der Waals surface area contributed by atoms with E-state index < -0.39 is 11.9 Å². The van der Waals surface area contributed by atoms with Gasteiger partial charge in [-0.15, -0.1) is 0 Å². The molecule has 0 saturated carbocycles. The van der Waals surface area contributed by atoms with Gasteiger partial charge in [-0.1, -0.05) is 28.4 Å². The normalized spacial score (nSPS) is 15.8. The number of nitrogens with zero attached hydrogens (tertiary/aromatic N) is 1. The zero-order valence-electron chi connectivity index (χ0n) is 7.57. The highest BCUT2D eigenvalue weighted by Gasteiger charge is 2.30. The molecule has 6 nitrogen and oxygen atoms in total. The Kier molecular flexibility index (Phi) is 2.86. The maximum Gasteiger partial charge on any atom is 0.444 e. The smallest absolute Gasteiger partial charge is 0.338 e. The SMILES string of the molecule is O=C1ONN(c2ccc(Cl)cc2Cl)OC1=O. The van der Waals surface area contributed by atoms with Crippen molar-refractivity contribution in [3.8, 4) is 0 Å². The summed E-state index contributed by atoms with van der Waals surface area (Å²) in [6.07, 6.45) is 0. The van der Waals surface area contributed by atoms with Crippen LogP contribution in [0, 0.1) is 0 Å². The number of carbonyl (C=O) groups is 2. The van der Waals surface area contributed by atoms with Crippen LogP contribution in [0.1, 0.15) is 0 Å². The number of hydrogen-bond acceptors (Lipinski definition) is 6. The fourth-order valence-corrected chi connectivity index (χ4v) is 1.49. The Labute approximate surface area is 99.5 Å². The topological polar surface area (TPSA) is 67.9 Å². The fraction of sp³-hybridized carbons (Fsp3) is 0. The van der Waals surface area contributed by atoms with Crippen molar-refractivity contribution in [1.82, 2.24) is 5.59 Å². The van der Waals surface area contributed by atoms with Gasteiger partial charge in [0, 0.05) is 5.02 Å². The summed E-state index contributed by atoms with van der Waals surface area (Å²) in [5.41, 5.74) is 2.37. The minimum Gasteiger partial charge on any atom is -0.338 e. The predicted octanol–water partition coefficient (Wildman–Crippen LogP) is 1.23. The van der Waals surface area contributed by atoms with Crippen molar-refractivity contribution in [3.63, 3.8) is 0 Å². The molecule has 0 radical (unpaired) electrons. The highest BCUT2D eigenvalue weighted by Crippen LogP contribution is 2.28. The quantitative estimate of drug-likeness (QED) is 0.768. The summed E-state index contributed by atoms with van der Waals surface area (Å²) < 4.78 is 0. The maximum absolute atomic E-state index is 10.9. The van der Waals surface area contributed by atoms with Gasteiger partial charge in [-0.05, 0) is 23.8 Å². The number of nitrogens with one attached hydrogen (secondary N) is 1. The first-order valence-corrected chi connectivity index (χ1v) is 4.77. The molecule has 1 N–H and O–H groups in total. The maximum atomic E-state index is 10.9. The number of hydrogen-bond donors (Lipinski definition) is 1. The first-order valence-electron chi connectivity index (χ1n) is 4.02. The van der Waals surface area contributed by atoms with Crippen LogP contribution in [0.3, 0.4) is 0 Å². The summed E-state index contributed by atoms with van der Waals surface area (Å²) in [7, 11) is 0. The van der Waals surface area contributed by atoms with Crippen LogP contribution < -0.4 is 10.8 Å². The molecule has 0 bridgehead atoms. The van der Waals surface area contributed by atoms with Crippen molar-refractivity contribution >= 4 is 40.8 Å². The molecule has 1 fully saturated rings. The Hall–Kier alpha value is -1.50. The van der Waals surface area contributed by atoms with Gasteiger partial charge in [0.1, 0.15) is 5.69 Å². The van der Waals surface area contributed by atoms with Crippen molar-refractivity contribution in [2.45, 2.75) is 0 Å². The lowest BCUT2D eigenvalue weighted by Crippen LogP contribution is -2.49. The third kappa shape index (κ3) is 2.04. The molecule has 1 aliphatic rings. The molecule has 8 heteroatoms. The molecule has 2 rings (SSSR count). The second-order valence-electron chi connectivity index (χ2n) is 2.75. The van der Waals surface area contributed by atoms with Crippen LogP contribution in [0.4, 0.5) is 5.69 Å². The average molecular weight is 263 g/mol. The van der Waals surface area contributed by atoms with Crippen LogP contribution in [0.2, 0.25) is 10.0 Å². The number of halogens is 2. The molecule has 16 heavy (non-hydrogen) atoms.